The van der Waals surface area contributed by atoms with Crippen LogP contribution in [0.25, 0.3) is 5.70 Å². The number of aliphatic imine (C=N–C) groups is 1. The van der Waals surface area contributed by atoms with Gasteiger partial charge < -0.3 is 10.1 Å². The lowest BCUT2D eigenvalue weighted by molar-refractivity contribution is -0.124. The van der Waals surface area contributed by atoms with Crippen LogP contribution < -0.4 is 10.1 Å². The summed E-state index contributed by atoms with van der Waals surface area (Å²) in [7, 11) is 0. The Labute approximate surface area is 255 Å². The van der Waals surface area contributed by atoms with Crippen molar-refractivity contribution in [1.82, 2.24) is 15.2 Å². The second-order valence-corrected chi connectivity index (χ2v) is 11.4. The highest BCUT2D eigenvalue weighted by atomic mass is 16.5. The first kappa shape index (κ1) is 30.6. The van der Waals surface area contributed by atoms with E-state index in [1.54, 1.807) is 0 Å². The summed E-state index contributed by atoms with van der Waals surface area (Å²) in [5.74, 6) is 2.03. The van der Waals surface area contributed by atoms with Crippen molar-refractivity contribution < 1.29 is 9.53 Å². The summed E-state index contributed by atoms with van der Waals surface area (Å²) in [6.45, 7) is 13.8. The smallest absolute Gasteiger partial charge is 0.252 e. The van der Waals surface area contributed by atoms with Crippen LogP contribution in [-0.4, -0.2) is 71.9 Å². The van der Waals surface area contributed by atoms with Gasteiger partial charge in [-0.15, -0.1) is 0 Å². The molecule has 3 aliphatic rings. The lowest BCUT2D eigenvalue weighted by atomic mass is 9.95. The lowest BCUT2D eigenvalue weighted by Crippen LogP contribution is -2.54. The molecule has 2 aromatic carbocycles. The van der Waals surface area contributed by atoms with Gasteiger partial charge in [0.15, 0.2) is 11.9 Å². The van der Waals surface area contributed by atoms with E-state index in [0.29, 0.717) is 18.2 Å². The second kappa shape index (κ2) is 14.1. The number of fused-ring (bicyclic) bond motifs is 1. The number of rotatable bonds is 14. The van der Waals surface area contributed by atoms with Crippen molar-refractivity contribution in [1.29, 1.82) is 0 Å². The minimum absolute atomic E-state index is 0.0744. The van der Waals surface area contributed by atoms with Crippen LogP contribution in [0.2, 0.25) is 0 Å². The van der Waals surface area contributed by atoms with Crippen molar-refractivity contribution >= 4 is 23.3 Å². The molecular formula is C34H45N7O2. The molecule has 5 rings (SSSR count). The number of nitrogens with zero attached hydrogens (tertiary/aromatic N) is 6. The van der Waals surface area contributed by atoms with E-state index >= 15 is 0 Å². The van der Waals surface area contributed by atoms with Crippen LogP contribution in [0.15, 0.2) is 74.4 Å². The lowest BCUT2D eigenvalue weighted by Gasteiger charge is -2.30. The molecule has 0 aliphatic carbocycles. The minimum atomic E-state index is -0.399. The minimum Gasteiger partial charge on any atom is -0.493 e. The fraction of sp³-hybridized carbons (Fsp3) is 0.500. The molecule has 0 bridgehead atoms. The van der Waals surface area contributed by atoms with Gasteiger partial charge in [-0.05, 0) is 75.9 Å². The highest BCUT2D eigenvalue weighted by Crippen LogP contribution is 2.34. The number of azo groups is 1. The van der Waals surface area contributed by atoms with E-state index in [1.165, 1.54) is 11.1 Å². The molecule has 0 spiro atoms. The first-order valence-electron chi connectivity index (χ1n) is 15.9. The number of aryl methyl sites for hydroxylation is 1. The molecule has 43 heavy (non-hydrogen) atoms. The molecule has 1 amide bonds. The van der Waals surface area contributed by atoms with Gasteiger partial charge in [0.05, 0.1) is 30.0 Å². The topological polar surface area (TPSA) is 94.2 Å². The van der Waals surface area contributed by atoms with Crippen LogP contribution in [0.4, 0.5) is 0 Å². The predicted octanol–water partition coefficient (Wildman–Crippen LogP) is 6.06. The van der Waals surface area contributed by atoms with Crippen LogP contribution in [0.3, 0.4) is 0 Å². The summed E-state index contributed by atoms with van der Waals surface area (Å²) < 4.78 is 5.98. The summed E-state index contributed by atoms with van der Waals surface area (Å²) in [6.07, 6.45) is 4.48. The zero-order chi connectivity index (χ0) is 30.3. The number of benzene rings is 2. The highest BCUT2D eigenvalue weighted by molar-refractivity contribution is 6.13. The van der Waals surface area contributed by atoms with Crippen molar-refractivity contribution in [3.63, 3.8) is 0 Å². The largest absolute Gasteiger partial charge is 0.493 e. The molecule has 3 atom stereocenters. The van der Waals surface area contributed by atoms with E-state index < -0.39 is 6.04 Å². The third kappa shape index (κ3) is 6.72. The first-order valence-corrected chi connectivity index (χ1v) is 15.9. The molecule has 9 heteroatoms. The average Bonchev–Trinajstić information content (AvgIpc) is 3.57. The number of carbonyl (C=O) groups excluding carboxylic acids is 1. The summed E-state index contributed by atoms with van der Waals surface area (Å²) in [5.41, 5.74) is 5.43. The number of hydrazone groups is 1. The van der Waals surface area contributed by atoms with Gasteiger partial charge in [0.1, 0.15) is 11.6 Å². The Balaban J connectivity index is 1.34. The quantitative estimate of drug-likeness (QED) is 0.293. The van der Waals surface area contributed by atoms with Gasteiger partial charge in [-0.3, -0.25) is 14.7 Å². The normalized spacial score (nSPS) is 21.3. The number of hydrogen-bond acceptors (Lipinski definition) is 8. The van der Waals surface area contributed by atoms with Crippen LogP contribution in [0, 0.1) is 0 Å². The number of amides is 1. The van der Waals surface area contributed by atoms with Crippen molar-refractivity contribution in [2.45, 2.75) is 84.8 Å². The molecule has 3 aliphatic heterocycles. The molecule has 9 nitrogen and oxygen atoms in total. The Morgan fingerprint density at radius 1 is 1.02 bits per heavy atom. The highest BCUT2D eigenvalue weighted by Gasteiger charge is 2.42. The Morgan fingerprint density at radius 2 is 1.81 bits per heavy atom. The number of hydrogen-bond donors (Lipinski definition) is 1. The Bertz CT molecular complexity index is 1410. The first-order chi connectivity index (χ1) is 21.0. The fourth-order valence-electron chi connectivity index (χ4n) is 6.08. The van der Waals surface area contributed by atoms with Gasteiger partial charge >= 0.3 is 0 Å². The third-order valence-corrected chi connectivity index (χ3v) is 8.41. The summed E-state index contributed by atoms with van der Waals surface area (Å²) in [6, 6.07) is 16.2. The molecule has 3 heterocycles. The van der Waals surface area contributed by atoms with Crippen LogP contribution in [0.5, 0.6) is 5.75 Å². The van der Waals surface area contributed by atoms with Gasteiger partial charge in [-0.25, -0.2) is 5.01 Å². The van der Waals surface area contributed by atoms with Crippen molar-refractivity contribution in [2.24, 2.45) is 20.3 Å². The molecule has 0 aromatic heterocycles. The van der Waals surface area contributed by atoms with E-state index in [0.717, 1.165) is 74.4 Å². The average molecular weight is 584 g/mol. The third-order valence-electron chi connectivity index (χ3n) is 8.41. The molecular weight excluding hydrogens is 538 g/mol. The zero-order valence-corrected chi connectivity index (χ0v) is 26.2. The van der Waals surface area contributed by atoms with Gasteiger partial charge in [0.25, 0.3) is 5.91 Å². The molecule has 0 saturated carbocycles. The molecule has 2 aromatic rings. The van der Waals surface area contributed by atoms with Crippen LogP contribution >= 0.6 is 0 Å². The Morgan fingerprint density at radius 3 is 2.53 bits per heavy atom. The fourth-order valence-corrected chi connectivity index (χ4v) is 6.08. The second-order valence-electron chi connectivity index (χ2n) is 11.4. The van der Waals surface area contributed by atoms with Crippen molar-refractivity contribution in [2.75, 3.05) is 26.2 Å². The van der Waals surface area contributed by atoms with Gasteiger partial charge in [-0.1, -0.05) is 57.2 Å². The zero-order valence-electron chi connectivity index (χ0n) is 26.2. The monoisotopic (exact) mass is 583 g/mol. The standard InChI is InChI=1S/C34H45N7O2/c1-6-14-30-35-23(5)32-34(42)36-33(39-41(30)32)26-21-24(19-20-29(26)43-9-4)15-13-18-28-27(22-40(7-2)8-3)31(38-37-28)25-16-11-10-12-17-25/h10-12,16-17,19-21,23,28,32H,6-9,13-15,18,22H2,1-5H3,(H,36,39,42). The molecule has 0 radical (unpaired) electrons. The number of amidine groups is 2. The van der Waals surface area contributed by atoms with E-state index in [1.807, 2.05) is 31.0 Å². The van der Waals surface area contributed by atoms with E-state index in [2.05, 4.69) is 72.5 Å². The molecule has 0 fully saturated rings. The van der Waals surface area contributed by atoms with E-state index in [9.17, 15) is 4.79 Å². The predicted molar refractivity (Wildman–Crippen MR) is 172 cm³/mol. The van der Waals surface area contributed by atoms with Gasteiger partial charge in [0, 0.05) is 18.5 Å². The maximum atomic E-state index is 13.2. The molecule has 1 N–H and O–H groups in total. The summed E-state index contributed by atoms with van der Waals surface area (Å²) in [4.78, 5) is 20.4. The molecule has 0 saturated heterocycles. The molecule has 3 unspecified atom stereocenters. The van der Waals surface area contributed by atoms with Gasteiger partial charge in [-0.2, -0.15) is 15.3 Å². The Hall–Kier alpha value is -3.85. The number of carbonyl (C=O) groups is 1. The van der Waals surface area contributed by atoms with E-state index in [4.69, 9.17) is 19.9 Å². The van der Waals surface area contributed by atoms with Crippen molar-refractivity contribution in [3.8, 4) is 5.75 Å². The van der Waals surface area contributed by atoms with Gasteiger partial charge in [0.2, 0.25) is 0 Å². The summed E-state index contributed by atoms with van der Waals surface area (Å²) in [5, 5.41) is 19.2. The SMILES string of the molecule is CCCC1=NC(C)C2C(=O)NC(c3cc(CCCC4N=NC(c5ccccc5)=C4CN(CC)CC)ccc3OCC)=NN12. The summed E-state index contributed by atoms with van der Waals surface area (Å²) >= 11 is 0. The number of likely N-dealkylation sites (N-methyl/N-ethyl adjacent to an activating group) is 1. The van der Waals surface area contributed by atoms with E-state index in [-0.39, 0.29) is 18.0 Å². The number of nitrogens with one attached hydrogen (secondary N) is 1. The Kier molecular flexibility index (Phi) is 10.0. The molecule has 228 valence electrons. The maximum absolute atomic E-state index is 13.2. The van der Waals surface area contributed by atoms with Crippen LogP contribution in [0.1, 0.15) is 77.0 Å². The van der Waals surface area contributed by atoms with Crippen LogP contribution in [-0.2, 0) is 11.2 Å². The maximum Gasteiger partial charge on any atom is 0.252 e. The number of ether oxygens (including phenoxy) is 1. The van der Waals surface area contributed by atoms with Crippen molar-refractivity contribution in [3.05, 3.63) is 70.8 Å².